The number of hydrogen-bond donors (Lipinski definition) is 0. The van der Waals surface area contributed by atoms with Crippen molar-refractivity contribution in [1.29, 1.82) is 0 Å². The molecule has 4 aromatic rings. The Morgan fingerprint density at radius 1 is 0.774 bits per heavy atom. The van der Waals surface area contributed by atoms with E-state index in [4.69, 9.17) is 0 Å². The molecule has 0 fully saturated rings. The number of allylic oxidation sites excluding steroid dienone is 3. The summed E-state index contributed by atoms with van der Waals surface area (Å²) in [7, 11) is 0. The standard InChI is InChI=1S/C27H20N2O2/c1-17(30)25(26-23-13-7-5-11-21(23)22-12-6-8-14-24(22)26)27(18(2)31)29-16-20-10-4-3-9-19(20)15-28-29/h3-16H,1-2H3. The Bertz CT molecular complexity index is 1380. The molecule has 0 amide bonds. The second kappa shape index (κ2) is 7.33. The van der Waals surface area contributed by atoms with Crippen LogP contribution in [0.1, 0.15) is 25.0 Å². The molecular formula is C27H20N2O2. The lowest BCUT2D eigenvalue weighted by Gasteiger charge is -2.14. The van der Waals surface area contributed by atoms with Gasteiger partial charge in [-0.05, 0) is 47.3 Å². The fourth-order valence-corrected chi connectivity index (χ4v) is 4.36. The summed E-state index contributed by atoms with van der Waals surface area (Å²) in [6.45, 7) is 2.99. The van der Waals surface area contributed by atoms with Gasteiger partial charge in [0.1, 0.15) is 6.20 Å². The van der Waals surface area contributed by atoms with Crippen molar-refractivity contribution in [1.82, 2.24) is 5.10 Å². The van der Waals surface area contributed by atoms with Crippen molar-refractivity contribution in [2.75, 3.05) is 0 Å². The van der Waals surface area contributed by atoms with Crippen molar-refractivity contribution >= 4 is 27.8 Å². The van der Waals surface area contributed by atoms with Gasteiger partial charge in [0, 0.05) is 11.0 Å². The van der Waals surface area contributed by atoms with Crippen LogP contribution in [0.25, 0.3) is 33.2 Å². The van der Waals surface area contributed by atoms with E-state index < -0.39 is 0 Å². The van der Waals surface area contributed by atoms with Gasteiger partial charge in [0.05, 0.1) is 11.0 Å². The summed E-state index contributed by atoms with van der Waals surface area (Å²) in [4.78, 5) is 13.1. The number of ketones is 1. The van der Waals surface area contributed by atoms with Crippen LogP contribution in [-0.2, 0) is 4.79 Å². The molecule has 0 spiro atoms. The first-order valence-electron chi connectivity index (χ1n) is 10.2. The minimum Gasteiger partial charge on any atom is -0.871 e. The largest absolute Gasteiger partial charge is 0.871 e. The molecule has 0 N–H and O–H groups in total. The number of rotatable bonds is 3. The van der Waals surface area contributed by atoms with Crippen LogP contribution in [0, 0.1) is 0 Å². The Hall–Kier alpha value is -4.05. The van der Waals surface area contributed by atoms with E-state index in [-0.39, 0.29) is 17.2 Å². The monoisotopic (exact) mass is 404 g/mol. The van der Waals surface area contributed by atoms with Crippen LogP contribution in [0.3, 0.4) is 0 Å². The van der Waals surface area contributed by atoms with Gasteiger partial charge in [-0.1, -0.05) is 77.2 Å². The van der Waals surface area contributed by atoms with Crippen LogP contribution in [0.4, 0.5) is 0 Å². The first-order chi connectivity index (χ1) is 15.1. The molecule has 1 aliphatic carbocycles. The smallest absolute Gasteiger partial charge is 0.237 e. The van der Waals surface area contributed by atoms with E-state index >= 15 is 0 Å². The predicted molar refractivity (Wildman–Crippen MR) is 119 cm³/mol. The van der Waals surface area contributed by atoms with Gasteiger partial charge in [-0.25, -0.2) is 0 Å². The lowest BCUT2D eigenvalue weighted by atomic mass is 9.93. The molecule has 0 unspecified atom stereocenters. The molecule has 1 heterocycles. The minimum absolute atomic E-state index is 0.172. The SMILES string of the molecule is CC(=O)C(=C1c2ccccc2-c2ccccc21)/C(=C(\C)[O-])[n+]1cc2ccccc2cn1. The number of benzene rings is 3. The number of Topliss-reactive ketones (excluding diaryl/α,β-unsaturated/α-hetero) is 1. The first kappa shape index (κ1) is 18.9. The van der Waals surface area contributed by atoms with Gasteiger partial charge in [-0.2, -0.15) is 0 Å². The van der Waals surface area contributed by atoms with Crippen LogP contribution in [-0.4, -0.2) is 10.9 Å². The van der Waals surface area contributed by atoms with E-state index in [1.807, 2.05) is 79.0 Å². The van der Waals surface area contributed by atoms with Crippen molar-refractivity contribution in [3.8, 4) is 11.1 Å². The normalized spacial score (nSPS) is 12.9. The summed E-state index contributed by atoms with van der Waals surface area (Å²) in [6.07, 6.45) is 3.53. The summed E-state index contributed by atoms with van der Waals surface area (Å²) in [5.74, 6) is -0.387. The van der Waals surface area contributed by atoms with Crippen molar-refractivity contribution < 1.29 is 14.6 Å². The number of aromatic nitrogens is 2. The summed E-state index contributed by atoms with van der Waals surface area (Å²) < 4.78 is 1.54. The average Bonchev–Trinajstić information content (AvgIpc) is 3.11. The molecule has 0 radical (unpaired) electrons. The van der Waals surface area contributed by atoms with E-state index in [0.717, 1.165) is 38.6 Å². The first-order valence-corrected chi connectivity index (χ1v) is 10.2. The maximum absolute atomic E-state index is 13.1. The zero-order valence-corrected chi connectivity index (χ0v) is 17.3. The van der Waals surface area contributed by atoms with Gasteiger partial charge in [-0.15, -0.1) is 0 Å². The van der Waals surface area contributed by atoms with E-state index in [1.165, 1.54) is 18.5 Å². The van der Waals surface area contributed by atoms with Gasteiger partial charge < -0.3 is 5.11 Å². The molecule has 1 aromatic heterocycles. The maximum Gasteiger partial charge on any atom is 0.237 e. The topological polar surface area (TPSA) is 56.9 Å². The highest BCUT2D eigenvalue weighted by molar-refractivity contribution is 6.17. The lowest BCUT2D eigenvalue weighted by Crippen LogP contribution is -2.40. The molecule has 150 valence electrons. The third-order valence-electron chi connectivity index (χ3n) is 5.66. The molecule has 0 atom stereocenters. The van der Waals surface area contributed by atoms with Gasteiger partial charge in [0.2, 0.25) is 11.9 Å². The second-order valence-electron chi connectivity index (χ2n) is 7.65. The second-order valence-corrected chi connectivity index (χ2v) is 7.65. The van der Waals surface area contributed by atoms with Crippen LogP contribution in [0.5, 0.6) is 0 Å². The highest BCUT2D eigenvalue weighted by Gasteiger charge is 2.32. The van der Waals surface area contributed by atoms with E-state index in [2.05, 4.69) is 5.10 Å². The number of fused-ring (bicyclic) bond motifs is 4. The minimum atomic E-state index is -0.215. The molecule has 5 rings (SSSR count). The van der Waals surface area contributed by atoms with E-state index in [9.17, 15) is 9.90 Å². The highest BCUT2D eigenvalue weighted by Crippen LogP contribution is 2.46. The predicted octanol–water partition coefficient (Wildman–Crippen LogP) is 4.14. The number of carbonyl (C=O) groups is 1. The zero-order valence-electron chi connectivity index (χ0n) is 17.3. The lowest BCUT2D eigenvalue weighted by molar-refractivity contribution is -0.646. The molecule has 0 aliphatic heterocycles. The molecule has 31 heavy (non-hydrogen) atoms. The summed E-state index contributed by atoms with van der Waals surface area (Å²) in [6, 6.07) is 23.8. The quantitative estimate of drug-likeness (QED) is 0.258. The molecule has 4 nitrogen and oxygen atoms in total. The summed E-state index contributed by atoms with van der Waals surface area (Å²) >= 11 is 0. The van der Waals surface area contributed by atoms with Crippen molar-refractivity contribution in [2.24, 2.45) is 0 Å². The van der Waals surface area contributed by atoms with Crippen molar-refractivity contribution in [3.63, 3.8) is 0 Å². The summed E-state index contributed by atoms with van der Waals surface area (Å²) in [5.41, 5.74) is 5.48. The third-order valence-corrected chi connectivity index (χ3v) is 5.66. The fraction of sp³-hybridized carbons (Fsp3) is 0.0741. The van der Waals surface area contributed by atoms with Gasteiger partial charge in [-0.3, -0.25) is 4.79 Å². The fourth-order valence-electron chi connectivity index (χ4n) is 4.36. The maximum atomic E-state index is 13.1. The zero-order chi connectivity index (χ0) is 21.5. The Kier molecular flexibility index (Phi) is 4.48. The molecular weight excluding hydrogens is 384 g/mol. The van der Waals surface area contributed by atoms with E-state index in [0.29, 0.717) is 5.57 Å². The highest BCUT2D eigenvalue weighted by atomic mass is 16.3. The van der Waals surface area contributed by atoms with Crippen LogP contribution in [0.15, 0.2) is 96.5 Å². The van der Waals surface area contributed by atoms with Crippen LogP contribution >= 0.6 is 0 Å². The van der Waals surface area contributed by atoms with Crippen LogP contribution < -0.4 is 9.79 Å². The average molecular weight is 404 g/mol. The Labute approximate surface area is 180 Å². The van der Waals surface area contributed by atoms with Crippen LogP contribution in [0.2, 0.25) is 0 Å². The molecule has 4 heteroatoms. The molecule has 1 aliphatic rings. The van der Waals surface area contributed by atoms with Crippen molar-refractivity contribution in [2.45, 2.75) is 13.8 Å². The Morgan fingerprint density at radius 2 is 1.29 bits per heavy atom. The summed E-state index contributed by atoms with van der Waals surface area (Å²) in [5, 5.41) is 19.3. The molecule has 0 saturated heterocycles. The van der Waals surface area contributed by atoms with Crippen molar-refractivity contribution in [3.05, 3.63) is 108 Å². The Morgan fingerprint density at radius 3 is 1.84 bits per heavy atom. The van der Waals surface area contributed by atoms with Gasteiger partial charge in [0.25, 0.3) is 0 Å². The molecule has 3 aromatic carbocycles. The van der Waals surface area contributed by atoms with Gasteiger partial charge >= 0.3 is 0 Å². The third kappa shape index (κ3) is 3.04. The number of nitrogens with zero attached hydrogens (tertiary/aromatic N) is 2. The molecule has 0 bridgehead atoms. The van der Waals surface area contributed by atoms with E-state index in [1.54, 1.807) is 6.20 Å². The number of carbonyl (C=O) groups excluding carboxylic acids is 1. The van der Waals surface area contributed by atoms with Gasteiger partial charge in [0.15, 0.2) is 5.78 Å². The molecule has 0 saturated carbocycles. The number of hydrogen-bond acceptors (Lipinski definition) is 3. The Balaban J connectivity index is 1.85.